The Balaban J connectivity index is 1.44. The number of piperidine rings is 1. The molecule has 0 aliphatic carbocycles. The normalized spacial score (nSPS) is 14.1. The van der Waals surface area contributed by atoms with E-state index in [9.17, 15) is 18.0 Å². The molecule has 172 valence electrons. The van der Waals surface area contributed by atoms with Crippen molar-refractivity contribution in [1.29, 1.82) is 0 Å². The van der Waals surface area contributed by atoms with Gasteiger partial charge in [0.15, 0.2) is 5.82 Å². The molecule has 1 fully saturated rings. The van der Waals surface area contributed by atoms with Gasteiger partial charge in [0, 0.05) is 24.3 Å². The summed E-state index contributed by atoms with van der Waals surface area (Å²) in [5.74, 6) is 0.838. The lowest BCUT2D eigenvalue weighted by Crippen LogP contribution is -2.30. The van der Waals surface area contributed by atoms with Crippen LogP contribution in [0, 0.1) is 0 Å². The second-order valence-electron chi connectivity index (χ2n) is 7.68. The molecule has 2 aromatic carbocycles. The van der Waals surface area contributed by atoms with Crippen LogP contribution in [0.25, 0.3) is 11.3 Å². The number of alkyl halides is 3. The number of urea groups is 1. The van der Waals surface area contributed by atoms with Crippen LogP contribution in [-0.4, -0.2) is 29.3 Å². The number of halogens is 4. The molecule has 2 N–H and O–H groups in total. The van der Waals surface area contributed by atoms with Gasteiger partial charge in [-0.2, -0.15) is 13.2 Å². The topological polar surface area (TPSA) is 70.2 Å². The van der Waals surface area contributed by atoms with Gasteiger partial charge in [0.2, 0.25) is 0 Å². The molecule has 1 saturated heterocycles. The monoisotopic (exact) mass is 475 g/mol. The van der Waals surface area contributed by atoms with Gasteiger partial charge >= 0.3 is 12.2 Å². The number of aromatic nitrogens is 2. The van der Waals surface area contributed by atoms with E-state index in [4.69, 9.17) is 11.6 Å². The summed E-state index contributed by atoms with van der Waals surface area (Å²) < 4.78 is 38.8. The molecular weight excluding hydrogens is 455 g/mol. The van der Waals surface area contributed by atoms with Crippen LogP contribution in [0.4, 0.5) is 35.2 Å². The smallest absolute Gasteiger partial charge is 0.355 e. The van der Waals surface area contributed by atoms with Gasteiger partial charge in [-0.1, -0.05) is 23.7 Å². The van der Waals surface area contributed by atoms with Crippen molar-refractivity contribution in [2.24, 2.45) is 0 Å². The highest BCUT2D eigenvalue weighted by molar-refractivity contribution is 6.33. The zero-order valence-electron chi connectivity index (χ0n) is 17.5. The Hall–Kier alpha value is -3.33. The molecule has 2 heterocycles. The highest BCUT2D eigenvalue weighted by Gasteiger charge is 2.31. The molecule has 6 nitrogen and oxygen atoms in total. The summed E-state index contributed by atoms with van der Waals surface area (Å²) in [5.41, 5.74) is 0.772. The third-order valence-electron chi connectivity index (χ3n) is 5.29. The number of hydrogen-bond acceptors (Lipinski definition) is 4. The fraction of sp³-hybridized carbons (Fsp3) is 0.261. The Bertz CT molecular complexity index is 1130. The van der Waals surface area contributed by atoms with Crippen LogP contribution in [0.2, 0.25) is 5.02 Å². The van der Waals surface area contributed by atoms with E-state index in [0.717, 1.165) is 55.5 Å². The van der Waals surface area contributed by atoms with Crippen LogP contribution in [-0.2, 0) is 6.18 Å². The first-order chi connectivity index (χ1) is 15.8. The summed E-state index contributed by atoms with van der Waals surface area (Å²) in [4.78, 5) is 14.6. The van der Waals surface area contributed by atoms with Crippen molar-refractivity contribution in [2.45, 2.75) is 25.4 Å². The van der Waals surface area contributed by atoms with Gasteiger partial charge < -0.3 is 15.5 Å². The lowest BCUT2D eigenvalue weighted by atomic mass is 10.1. The van der Waals surface area contributed by atoms with E-state index in [0.29, 0.717) is 11.4 Å². The molecule has 0 spiro atoms. The number of carbonyl (C=O) groups excluding carboxylic acids is 1. The second kappa shape index (κ2) is 9.66. The van der Waals surface area contributed by atoms with Crippen LogP contribution in [0.15, 0.2) is 54.6 Å². The number of nitrogens with one attached hydrogen (secondary N) is 2. The number of rotatable bonds is 4. The van der Waals surface area contributed by atoms with Gasteiger partial charge in [0.1, 0.15) is 0 Å². The first kappa shape index (κ1) is 22.8. The van der Waals surface area contributed by atoms with Crippen LogP contribution >= 0.6 is 11.6 Å². The van der Waals surface area contributed by atoms with E-state index in [1.807, 2.05) is 18.2 Å². The first-order valence-corrected chi connectivity index (χ1v) is 10.8. The predicted molar refractivity (Wildman–Crippen MR) is 123 cm³/mol. The molecule has 1 aliphatic heterocycles. The standard InChI is InChI=1S/C23H21ClF3N5O/c24-18-8-7-16(23(25,26)27)14-20(18)29-22(33)28-17-6-4-5-15(13-17)19-9-10-21(31-30-19)32-11-2-1-3-12-32/h4-10,13-14H,1-3,11-12H2,(H2,28,29,33). The Morgan fingerprint density at radius 1 is 0.939 bits per heavy atom. The van der Waals surface area contributed by atoms with Gasteiger partial charge in [0.25, 0.3) is 0 Å². The molecule has 1 aliphatic rings. The fourth-order valence-corrected chi connectivity index (χ4v) is 3.77. The van der Waals surface area contributed by atoms with Crippen molar-refractivity contribution >= 4 is 34.8 Å². The maximum Gasteiger partial charge on any atom is 0.416 e. The molecule has 0 radical (unpaired) electrons. The third-order valence-corrected chi connectivity index (χ3v) is 5.62. The molecule has 3 aromatic rings. The van der Waals surface area contributed by atoms with Crippen molar-refractivity contribution in [1.82, 2.24) is 10.2 Å². The van der Waals surface area contributed by atoms with Crippen LogP contribution in [0.1, 0.15) is 24.8 Å². The van der Waals surface area contributed by atoms with Crippen molar-refractivity contribution in [2.75, 3.05) is 28.6 Å². The van der Waals surface area contributed by atoms with Crippen LogP contribution in [0.5, 0.6) is 0 Å². The van der Waals surface area contributed by atoms with Gasteiger partial charge in [-0.05, 0) is 61.7 Å². The van der Waals surface area contributed by atoms with Gasteiger partial charge in [-0.15, -0.1) is 10.2 Å². The molecule has 0 unspecified atom stereocenters. The van der Waals surface area contributed by atoms with E-state index in [-0.39, 0.29) is 10.7 Å². The number of nitrogens with zero attached hydrogens (tertiary/aromatic N) is 3. The Kier molecular flexibility index (Phi) is 6.69. The lowest BCUT2D eigenvalue weighted by molar-refractivity contribution is -0.137. The number of anilines is 3. The number of carbonyl (C=O) groups is 1. The molecule has 1 aromatic heterocycles. The minimum atomic E-state index is -4.55. The van der Waals surface area contributed by atoms with Gasteiger partial charge in [0.05, 0.1) is 22.0 Å². The fourth-order valence-electron chi connectivity index (χ4n) is 3.61. The summed E-state index contributed by atoms with van der Waals surface area (Å²) >= 11 is 5.94. The quantitative estimate of drug-likeness (QED) is 0.455. The average Bonchev–Trinajstić information content (AvgIpc) is 2.80. The first-order valence-electron chi connectivity index (χ1n) is 10.4. The van der Waals surface area contributed by atoms with Crippen molar-refractivity contribution < 1.29 is 18.0 Å². The molecular formula is C23H21ClF3N5O. The zero-order chi connectivity index (χ0) is 23.4. The van der Waals surface area contributed by atoms with E-state index in [1.165, 1.54) is 6.42 Å². The van der Waals surface area contributed by atoms with Crippen molar-refractivity contribution in [3.05, 3.63) is 65.2 Å². The number of hydrogen-bond donors (Lipinski definition) is 2. The maximum atomic E-state index is 12.9. The summed E-state index contributed by atoms with van der Waals surface area (Å²) in [7, 11) is 0. The summed E-state index contributed by atoms with van der Waals surface area (Å²) in [6.07, 6.45) is -1.03. The van der Waals surface area contributed by atoms with Crippen LogP contribution in [0.3, 0.4) is 0 Å². The summed E-state index contributed by atoms with van der Waals surface area (Å²) in [6, 6.07) is 12.7. The molecule has 0 saturated carbocycles. The number of benzene rings is 2. The average molecular weight is 476 g/mol. The zero-order valence-corrected chi connectivity index (χ0v) is 18.2. The molecule has 33 heavy (non-hydrogen) atoms. The largest absolute Gasteiger partial charge is 0.416 e. The summed E-state index contributed by atoms with van der Waals surface area (Å²) in [6.45, 7) is 1.94. The Morgan fingerprint density at radius 2 is 1.73 bits per heavy atom. The minimum Gasteiger partial charge on any atom is -0.355 e. The Labute approximate surface area is 193 Å². The van der Waals surface area contributed by atoms with E-state index in [2.05, 4.69) is 25.7 Å². The minimum absolute atomic E-state index is 0.00373. The Morgan fingerprint density at radius 3 is 2.42 bits per heavy atom. The maximum absolute atomic E-state index is 12.9. The number of amides is 2. The molecule has 0 atom stereocenters. The highest BCUT2D eigenvalue weighted by atomic mass is 35.5. The van der Waals surface area contributed by atoms with Crippen molar-refractivity contribution in [3.63, 3.8) is 0 Å². The third kappa shape index (κ3) is 5.73. The summed E-state index contributed by atoms with van der Waals surface area (Å²) in [5, 5.41) is 13.6. The van der Waals surface area contributed by atoms with Crippen molar-refractivity contribution in [3.8, 4) is 11.3 Å². The van der Waals surface area contributed by atoms with Gasteiger partial charge in [-0.25, -0.2) is 4.79 Å². The molecule has 10 heteroatoms. The molecule has 4 rings (SSSR count). The lowest BCUT2D eigenvalue weighted by Gasteiger charge is -2.27. The van der Waals surface area contributed by atoms with E-state index >= 15 is 0 Å². The SMILES string of the molecule is O=C(Nc1cccc(-c2ccc(N3CCCCC3)nn2)c1)Nc1cc(C(F)(F)F)ccc1Cl. The molecule has 0 bridgehead atoms. The predicted octanol–water partition coefficient (Wildman–Crippen LogP) is 6.45. The highest BCUT2D eigenvalue weighted by Crippen LogP contribution is 2.34. The van der Waals surface area contributed by atoms with Crippen LogP contribution < -0.4 is 15.5 Å². The molecule has 2 amide bonds. The van der Waals surface area contributed by atoms with E-state index < -0.39 is 17.8 Å². The van der Waals surface area contributed by atoms with Gasteiger partial charge in [-0.3, -0.25) is 0 Å². The second-order valence-corrected chi connectivity index (χ2v) is 8.08. The van der Waals surface area contributed by atoms with E-state index in [1.54, 1.807) is 18.2 Å².